The van der Waals surface area contributed by atoms with Gasteiger partial charge in [0.25, 0.3) is 0 Å². The van der Waals surface area contributed by atoms with E-state index in [2.05, 4.69) is 6.58 Å². The third kappa shape index (κ3) is 2.06. The lowest BCUT2D eigenvalue weighted by molar-refractivity contribution is 0.174. The van der Waals surface area contributed by atoms with E-state index >= 15 is 0 Å². The van der Waals surface area contributed by atoms with Gasteiger partial charge in [-0.2, -0.15) is 0 Å². The molecule has 96 valence electrons. The van der Waals surface area contributed by atoms with E-state index in [1.54, 1.807) is 18.2 Å². The molecule has 0 saturated carbocycles. The van der Waals surface area contributed by atoms with Gasteiger partial charge in [-0.3, -0.25) is 0 Å². The van der Waals surface area contributed by atoms with Crippen molar-refractivity contribution in [2.45, 2.75) is 0 Å². The van der Waals surface area contributed by atoms with Crippen molar-refractivity contribution in [3.8, 4) is 22.6 Å². The fourth-order valence-electron chi connectivity index (χ4n) is 2.04. The quantitative estimate of drug-likeness (QED) is 0.803. The van der Waals surface area contributed by atoms with Gasteiger partial charge in [0.1, 0.15) is 5.82 Å². The lowest BCUT2D eigenvalue weighted by Crippen LogP contribution is -1.92. The van der Waals surface area contributed by atoms with Gasteiger partial charge in [0, 0.05) is 0 Å². The third-order valence-electron chi connectivity index (χ3n) is 3.00. The maximum atomic E-state index is 13.2. The molecule has 0 unspecified atom stereocenters. The normalized spacial score (nSPS) is 12.5. The molecule has 0 bridgehead atoms. The molecule has 0 atom stereocenters. The molecule has 0 spiro atoms. The number of rotatable bonds is 2. The van der Waals surface area contributed by atoms with Crippen LogP contribution in [0.3, 0.4) is 0 Å². The lowest BCUT2D eigenvalue weighted by atomic mass is 9.99. The molecule has 1 heterocycles. The fraction of sp³-hybridized carbons (Fsp3) is 0.0667. The lowest BCUT2D eigenvalue weighted by Gasteiger charge is -2.09. The number of hydrogen-bond donors (Lipinski definition) is 0. The number of benzene rings is 2. The molecule has 0 fully saturated rings. The average Bonchev–Trinajstić information content (AvgIpc) is 2.87. The van der Waals surface area contributed by atoms with Crippen molar-refractivity contribution in [1.29, 1.82) is 0 Å². The summed E-state index contributed by atoms with van der Waals surface area (Å²) in [5, 5.41) is 0.0881. The van der Waals surface area contributed by atoms with E-state index in [-0.39, 0.29) is 11.8 Å². The summed E-state index contributed by atoms with van der Waals surface area (Å²) >= 11 is 5.82. The molecule has 2 nitrogen and oxygen atoms in total. The Labute approximate surface area is 115 Å². The van der Waals surface area contributed by atoms with Gasteiger partial charge in [0.05, 0.1) is 5.02 Å². The molecule has 0 radical (unpaired) electrons. The van der Waals surface area contributed by atoms with E-state index in [1.165, 1.54) is 6.07 Å². The Morgan fingerprint density at radius 3 is 2.58 bits per heavy atom. The Bertz CT molecular complexity index is 667. The van der Waals surface area contributed by atoms with E-state index < -0.39 is 5.82 Å². The SMILES string of the molecule is C=Cc1cc2c(cc1-c1ccc(F)c(Cl)c1)OCO2. The molecule has 19 heavy (non-hydrogen) atoms. The van der Waals surface area contributed by atoms with Gasteiger partial charge in [-0.25, -0.2) is 4.39 Å². The van der Waals surface area contributed by atoms with Crippen LogP contribution in [0.1, 0.15) is 5.56 Å². The minimum atomic E-state index is -0.439. The Hall–Kier alpha value is -2.00. The van der Waals surface area contributed by atoms with Crippen LogP contribution in [0.25, 0.3) is 17.2 Å². The maximum Gasteiger partial charge on any atom is 0.231 e. The molecule has 0 aliphatic carbocycles. The second-order valence-electron chi connectivity index (χ2n) is 4.13. The zero-order chi connectivity index (χ0) is 13.4. The topological polar surface area (TPSA) is 18.5 Å². The monoisotopic (exact) mass is 276 g/mol. The first-order valence-electron chi connectivity index (χ1n) is 5.70. The Balaban J connectivity index is 2.18. The standard InChI is InChI=1S/C15H10ClFO2/c1-2-9-6-14-15(19-8-18-14)7-11(9)10-3-4-13(17)12(16)5-10/h2-7H,1,8H2. The van der Waals surface area contributed by atoms with Crippen LogP contribution in [-0.2, 0) is 0 Å². The fourth-order valence-corrected chi connectivity index (χ4v) is 2.22. The highest BCUT2D eigenvalue weighted by atomic mass is 35.5. The van der Waals surface area contributed by atoms with Crippen molar-refractivity contribution >= 4 is 17.7 Å². The van der Waals surface area contributed by atoms with Crippen molar-refractivity contribution in [2.75, 3.05) is 6.79 Å². The van der Waals surface area contributed by atoms with Gasteiger partial charge in [-0.1, -0.05) is 30.3 Å². The van der Waals surface area contributed by atoms with Crippen molar-refractivity contribution in [3.63, 3.8) is 0 Å². The highest BCUT2D eigenvalue weighted by Gasteiger charge is 2.17. The second-order valence-corrected chi connectivity index (χ2v) is 4.53. The zero-order valence-electron chi connectivity index (χ0n) is 9.95. The minimum Gasteiger partial charge on any atom is -0.454 e. The third-order valence-corrected chi connectivity index (χ3v) is 3.28. The summed E-state index contributed by atoms with van der Waals surface area (Å²) in [4.78, 5) is 0. The molecule has 3 rings (SSSR count). The molecule has 1 aliphatic heterocycles. The smallest absolute Gasteiger partial charge is 0.231 e. The largest absolute Gasteiger partial charge is 0.454 e. The van der Waals surface area contributed by atoms with E-state index in [9.17, 15) is 4.39 Å². The summed E-state index contributed by atoms with van der Waals surface area (Å²) in [5.74, 6) is 0.916. The highest BCUT2D eigenvalue weighted by Crippen LogP contribution is 2.39. The first kappa shape index (κ1) is 12.1. The van der Waals surface area contributed by atoms with Crippen molar-refractivity contribution < 1.29 is 13.9 Å². The Morgan fingerprint density at radius 2 is 1.89 bits per heavy atom. The van der Waals surface area contributed by atoms with Crippen LogP contribution >= 0.6 is 11.6 Å². The van der Waals surface area contributed by atoms with Crippen LogP contribution in [0.2, 0.25) is 5.02 Å². The van der Waals surface area contributed by atoms with Crippen molar-refractivity contribution in [2.24, 2.45) is 0 Å². The molecule has 0 aromatic heterocycles. The van der Waals surface area contributed by atoms with Gasteiger partial charge in [0.15, 0.2) is 11.5 Å². The molecule has 4 heteroatoms. The summed E-state index contributed by atoms with van der Waals surface area (Å²) in [7, 11) is 0. The number of ether oxygens (including phenoxy) is 2. The van der Waals surface area contributed by atoms with Crippen LogP contribution in [0.5, 0.6) is 11.5 Å². The first-order valence-corrected chi connectivity index (χ1v) is 6.08. The predicted octanol–water partition coefficient (Wildman–Crippen LogP) is 4.52. The van der Waals surface area contributed by atoms with Crippen molar-refractivity contribution in [3.05, 3.63) is 53.3 Å². The van der Waals surface area contributed by atoms with Crippen LogP contribution < -0.4 is 9.47 Å². The molecule has 0 amide bonds. The van der Waals surface area contributed by atoms with Crippen LogP contribution in [0.4, 0.5) is 4.39 Å². The van der Waals surface area contributed by atoms with Crippen LogP contribution in [0, 0.1) is 5.82 Å². The van der Waals surface area contributed by atoms with Gasteiger partial charge < -0.3 is 9.47 Å². The summed E-state index contributed by atoms with van der Waals surface area (Å²) in [5.41, 5.74) is 2.56. The van der Waals surface area contributed by atoms with Crippen molar-refractivity contribution in [1.82, 2.24) is 0 Å². The zero-order valence-corrected chi connectivity index (χ0v) is 10.7. The molecule has 1 aliphatic rings. The van der Waals surface area contributed by atoms with E-state index in [4.69, 9.17) is 21.1 Å². The second kappa shape index (κ2) is 4.59. The first-order chi connectivity index (χ1) is 9.19. The summed E-state index contributed by atoms with van der Waals surface area (Å²) in [6, 6.07) is 8.30. The summed E-state index contributed by atoms with van der Waals surface area (Å²) in [6.45, 7) is 3.99. The maximum absolute atomic E-state index is 13.2. The molecule has 0 saturated heterocycles. The number of fused-ring (bicyclic) bond motifs is 1. The molecular weight excluding hydrogens is 267 g/mol. The van der Waals surface area contributed by atoms with E-state index in [0.29, 0.717) is 11.5 Å². The van der Waals surface area contributed by atoms with Gasteiger partial charge in [-0.15, -0.1) is 0 Å². The molecular formula is C15H10ClFO2. The number of hydrogen-bond acceptors (Lipinski definition) is 2. The summed E-state index contributed by atoms with van der Waals surface area (Å²) < 4.78 is 23.9. The van der Waals surface area contributed by atoms with Gasteiger partial charge >= 0.3 is 0 Å². The van der Waals surface area contributed by atoms with Crippen LogP contribution in [-0.4, -0.2) is 6.79 Å². The molecule has 0 N–H and O–H groups in total. The van der Waals surface area contributed by atoms with E-state index in [0.717, 1.165) is 16.7 Å². The van der Waals surface area contributed by atoms with E-state index in [1.807, 2.05) is 12.1 Å². The molecule has 2 aromatic carbocycles. The molecule has 2 aromatic rings. The van der Waals surface area contributed by atoms with Gasteiger partial charge in [0.2, 0.25) is 6.79 Å². The van der Waals surface area contributed by atoms with Gasteiger partial charge in [-0.05, 0) is 41.0 Å². The predicted molar refractivity (Wildman–Crippen MR) is 73.1 cm³/mol. The van der Waals surface area contributed by atoms with Crippen LogP contribution in [0.15, 0.2) is 36.9 Å². The minimum absolute atomic E-state index is 0.0881. The summed E-state index contributed by atoms with van der Waals surface area (Å²) in [6.07, 6.45) is 1.72. The highest BCUT2D eigenvalue weighted by molar-refractivity contribution is 6.31. The Morgan fingerprint density at radius 1 is 1.16 bits per heavy atom. The Kier molecular flexibility index (Phi) is 2.91. The average molecular weight is 277 g/mol. The number of halogens is 2.